The highest BCUT2D eigenvalue weighted by Crippen LogP contribution is 2.24. The highest BCUT2D eigenvalue weighted by Gasteiger charge is 2.27. The molecule has 0 saturated carbocycles. The van der Waals surface area contributed by atoms with E-state index in [0.29, 0.717) is 13.0 Å². The topological polar surface area (TPSA) is 74.7 Å². The second-order valence-corrected chi connectivity index (χ2v) is 7.58. The lowest BCUT2D eigenvalue weighted by molar-refractivity contribution is 0.0696. The summed E-state index contributed by atoms with van der Waals surface area (Å²) < 4.78 is 26.6. The van der Waals surface area contributed by atoms with Gasteiger partial charge in [0.1, 0.15) is 0 Å². The third kappa shape index (κ3) is 3.43. The van der Waals surface area contributed by atoms with Gasteiger partial charge in [-0.25, -0.2) is 13.2 Å². The summed E-state index contributed by atoms with van der Waals surface area (Å²) in [7, 11) is -3.43. The first-order chi connectivity index (χ1) is 11.0. The SMILES string of the molecule is O=C(O)c1ccc2c(c1)CN(S(=O)(=O)Cc1ccccc1)CC2. The number of carboxylic acid groups (broad SMARTS) is 1. The van der Waals surface area contributed by atoms with Crippen molar-refractivity contribution in [2.45, 2.75) is 18.7 Å². The summed E-state index contributed by atoms with van der Waals surface area (Å²) >= 11 is 0. The number of sulfonamides is 1. The number of fused-ring (bicyclic) bond motifs is 1. The van der Waals surface area contributed by atoms with Crippen molar-refractivity contribution in [1.82, 2.24) is 4.31 Å². The third-order valence-corrected chi connectivity index (χ3v) is 5.81. The van der Waals surface area contributed by atoms with E-state index < -0.39 is 16.0 Å². The van der Waals surface area contributed by atoms with E-state index in [9.17, 15) is 13.2 Å². The van der Waals surface area contributed by atoms with E-state index in [0.717, 1.165) is 16.7 Å². The molecule has 120 valence electrons. The zero-order valence-electron chi connectivity index (χ0n) is 12.5. The van der Waals surface area contributed by atoms with Crippen molar-refractivity contribution in [3.63, 3.8) is 0 Å². The summed E-state index contributed by atoms with van der Waals surface area (Å²) in [4.78, 5) is 11.1. The standard InChI is InChI=1S/C17H17NO4S/c19-17(20)15-7-6-14-8-9-18(11-16(14)10-15)23(21,22)12-13-4-2-1-3-5-13/h1-7,10H,8-9,11-12H2,(H,19,20). The van der Waals surface area contributed by atoms with E-state index in [1.54, 1.807) is 30.3 Å². The predicted octanol–water partition coefficient (Wildman–Crippen LogP) is 2.27. The zero-order chi connectivity index (χ0) is 16.4. The van der Waals surface area contributed by atoms with Gasteiger partial charge < -0.3 is 5.11 Å². The van der Waals surface area contributed by atoms with Gasteiger partial charge in [-0.1, -0.05) is 36.4 Å². The van der Waals surface area contributed by atoms with Gasteiger partial charge in [0, 0.05) is 13.1 Å². The van der Waals surface area contributed by atoms with Crippen LogP contribution in [0.15, 0.2) is 48.5 Å². The van der Waals surface area contributed by atoms with Crippen molar-refractivity contribution in [3.8, 4) is 0 Å². The molecule has 0 aromatic heterocycles. The minimum atomic E-state index is -3.43. The molecule has 2 aromatic rings. The van der Waals surface area contributed by atoms with Crippen molar-refractivity contribution in [1.29, 1.82) is 0 Å². The van der Waals surface area contributed by atoms with Gasteiger partial charge >= 0.3 is 5.97 Å². The predicted molar refractivity (Wildman–Crippen MR) is 86.6 cm³/mol. The molecule has 2 aromatic carbocycles. The van der Waals surface area contributed by atoms with Gasteiger partial charge in [0.15, 0.2) is 0 Å². The van der Waals surface area contributed by atoms with Gasteiger partial charge in [0.05, 0.1) is 11.3 Å². The van der Waals surface area contributed by atoms with Crippen molar-refractivity contribution in [3.05, 3.63) is 70.8 Å². The molecule has 0 atom stereocenters. The largest absolute Gasteiger partial charge is 0.478 e. The van der Waals surface area contributed by atoms with Crippen LogP contribution in [0.2, 0.25) is 0 Å². The quantitative estimate of drug-likeness (QED) is 0.932. The lowest BCUT2D eigenvalue weighted by Gasteiger charge is -2.28. The Hall–Kier alpha value is -2.18. The van der Waals surface area contributed by atoms with Crippen LogP contribution in [0.4, 0.5) is 0 Å². The maximum absolute atomic E-state index is 12.6. The number of hydrogen-bond acceptors (Lipinski definition) is 3. The van der Waals surface area contributed by atoms with E-state index in [1.807, 2.05) is 18.2 Å². The van der Waals surface area contributed by atoms with Gasteiger partial charge in [-0.3, -0.25) is 0 Å². The Bertz CT molecular complexity index is 831. The minimum absolute atomic E-state index is 0.0399. The summed E-state index contributed by atoms with van der Waals surface area (Å²) in [5.41, 5.74) is 2.72. The molecule has 3 rings (SSSR count). The number of carbonyl (C=O) groups is 1. The molecule has 1 heterocycles. The maximum Gasteiger partial charge on any atom is 0.335 e. The molecule has 1 aliphatic rings. The molecule has 1 aliphatic heterocycles. The summed E-state index contributed by atoms with van der Waals surface area (Å²) in [5, 5.41) is 9.08. The molecule has 5 nitrogen and oxygen atoms in total. The van der Waals surface area contributed by atoms with Crippen LogP contribution in [0, 0.1) is 0 Å². The van der Waals surface area contributed by atoms with Crippen molar-refractivity contribution in [2.24, 2.45) is 0 Å². The average Bonchev–Trinajstić information content (AvgIpc) is 2.54. The first-order valence-corrected chi connectivity index (χ1v) is 8.93. The first-order valence-electron chi connectivity index (χ1n) is 7.32. The average molecular weight is 331 g/mol. The van der Waals surface area contributed by atoms with Crippen LogP contribution in [-0.4, -0.2) is 30.3 Å². The smallest absolute Gasteiger partial charge is 0.335 e. The number of aromatic carboxylic acids is 1. The zero-order valence-corrected chi connectivity index (χ0v) is 13.3. The highest BCUT2D eigenvalue weighted by atomic mass is 32.2. The molecule has 0 aliphatic carbocycles. The van der Waals surface area contributed by atoms with Crippen molar-refractivity contribution < 1.29 is 18.3 Å². The molecule has 0 saturated heterocycles. The molecule has 0 bridgehead atoms. The molecule has 0 unspecified atom stereocenters. The summed E-state index contributed by atoms with van der Waals surface area (Å²) in [6, 6.07) is 14.0. The Kier molecular flexibility index (Phi) is 4.19. The van der Waals surface area contributed by atoms with Gasteiger partial charge in [-0.2, -0.15) is 4.31 Å². The normalized spacial score (nSPS) is 15.1. The fraction of sp³-hybridized carbons (Fsp3) is 0.235. The lowest BCUT2D eigenvalue weighted by Crippen LogP contribution is -2.36. The molecule has 6 heteroatoms. The molecule has 0 radical (unpaired) electrons. The van der Waals surface area contributed by atoms with E-state index in [4.69, 9.17) is 5.11 Å². The van der Waals surface area contributed by atoms with E-state index in [2.05, 4.69) is 0 Å². The molecule has 0 amide bonds. The summed E-state index contributed by atoms with van der Waals surface area (Å²) in [6.45, 7) is 0.653. The monoisotopic (exact) mass is 331 g/mol. The number of benzene rings is 2. The van der Waals surface area contributed by atoms with Gasteiger partial charge in [-0.15, -0.1) is 0 Å². The Morgan fingerprint density at radius 3 is 2.52 bits per heavy atom. The van der Waals surface area contributed by atoms with Gasteiger partial charge in [-0.05, 0) is 35.2 Å². The maximum atomic E-state index is 12.6. The Morgan fingerprint density at radius 2 is 1.83 bits per heavy atom. The van der Waals surface area contributed by atoms with Gasteiger partial charge in [0.25, 0.3) is 0 Å². The van der Waals surface area contributed by atoms with Crippen LogP contribution in [0.25, 0.3) is 0 Å². The van der Waals surface area contributed by atoms with Crippen LogP contribution in [-0.2, 0) is 28.7 Å². The van der Waals surface area contributed by atoms with Crippen LogP contribution >= 0.6 is 0 Å². The summed E-state index contributed by atoms with van der Waals surface area (Å²) in [5.74, 6) is -1.04. The number of nitrogens with zero attached hydrogens (tertiary/aromatic N) is 1. The number of carboxylic acids is 1. The number of hydrogen-bond donors (Lipinski definition) is 1. The second kappa shape index (κ2) is 6.14. The Balaban J connectivity index is 1.83. The number of rotatable bonds is 4. The van der Waals surface area contributed by atoms with E-state index in [-0.39, 0.29) is 17.9 Å². The molecule has 0 spiro atoms. The van der Waals surface area contributed by atoms with Crippen LogP contribution in [0.3, 0.4) is 0 Å². The minimum Gasteiger partial charge on any atom is -0.478 e. The van der Waals surface area contributed by atoms with Crippen LogP contribution in [0.1, 0.15) is 27.0 Å². The van der Waals surface area contributed by atoms with Gasteiger partial charge in [0.2, 0.25) is 10.0 Å². The fourth-order valence-electron chi connectivity index (χ4n) is 2.78. The van der Waals surface area contributed by atoms with E-state index in [1.165, 1.54) is 4.31 Å². The molecule has 0 fully saturated rings. The molecule has 1 N–H and O–H groups in total. The second-order valence-electron chi connectivity index (χ2n) is 5.61. The van der Waals surface area contributed by atoms with Crippen molar-refractivity contribution >= 4 is 16.0 Å². The molecular weight excluding hydrogens is 314 g/mol. The molecule has 23 heavy (non-hydrogen) atoms. The highest BCUT2D eigenvalue weighted by molar-refractivity contribution is 7.88. The lowest BCUT2D eigenvalue weighted by atomic mass is 9.99. The summed E-state index contributed by atoms with van der Waals surface area (Å²) in [6.07, 6.45) is 0.600. The molecular formula is C17H17NO4S. The first kappa shape index (κ1) is 15.7. The fourth-order valence-corrected chi connectivity index (χ4v) is 4.28. The van der Waals surface area contributed by atoms with Crippen LogP contribution in [0.5, 0.6) is 0 Å². The van der Waals surface area contributed by atoms with E-state index >= 15 is 0 Å². The Morgan fingerprint density at radius 1 is 1.09 bits per heavy atom. The Labute approximate surface area is 135 Å². The third-order valence-electron chi connectivity index (χ3n) is 4.02. The van der Waals surface area contributed by atoms with Crippen molar-refractivity contribution in [2.75, 3.05) is 6.54 Å². The van der Waals surface area contributed by atoms with Crippen LogP contribution < -0.4 is 0 Å².